The van der Waals surface area contributed by atoms with Crippen LogP contribution in [0.1, 0.15) is 13.3 Å². The van der Waals surface area contributed by atoms with Crippen LogP contribution < -0.4 is 5.32 Å². The Hall–Kier alpha value is -1.34. The topological polar surface area (TPSA) is 97.4 Å². The van der Waals surface area contributed by atoms with Gasteiger partial charge in [0.15, 0.2) is 0 Å². The number of carboxylic acid groups (broad SMARTS) is 1. The molecule has 0 radical (unpaired) electrons. The highest BCUT2D eigenvalue weighted by molar-refractivity contribution is 5.71. The van der Waals surface area contributed by atoms with Crippen molar-refractivity contribution in [3.05, 3.63) is 0 Å². The Balaban J connectivity index is 1.81. The van der Waals surface area contributed by atoms with Crippen LogP contribution in [0.4, 0.5) is 4.79 Å². The van der Waals surface area contributed by atoms with Crippen molar-refractivity contribution in [2.24, 2.45) is 17.8 Å². The largest absolute Gasteiger partial charge is 0.481 e. The molecule has 19 heavy (non-hydrogen) atoms. The van der Waals surface area contributed by atoms with Crippen LogP contribution in [0.5, 0.6) is 0 Å². The number of ether oxygens (including phenoxy) is 3. The summed E-state index contributed by atoms with van der Waals surface area (Å²) < 4.78 is 16.3. The number of epoxide rings is 1. The molecule has 0 aromatic heterocycles. The van der Waals surface area contributed by atoms with E-state index in [1.165, 1.54) is 7.05 Å². The number of hydrogen-bond acceptors (Lipinski definition) is 5. The fraction of sp³-hybridized carbons (Fsp3) is 0.833. The Morgan fingerprint density at radius 3 is 2.84 bits per heavy atom. The van der Waals surface area contributed by atoms with Gasteiger partial charge in [0.25, 0.3) is 0 Å². The van der Waals surface area contributed by atoms with Gasteiger partial charge < -0.3 is 24.6 Å². The van der Waals surface area contributed by atoms with Crippen LogP contribution in [0.25, 0.3) is 0 Å². The van der Waals surface area contributed by atoms with E-state index in [1.54, 1.807) is 0 Å². The lowest BCUT2D eigenvalue weighted by Crippen LogP contribution is -2.50. The minimum Gasteiger partial charge on any atom is -0.481 e. The predicted molar refractivity (Wildman–Crippen MR) is 61.3 cm³/mol. The van der Waals surface area contributed by atoms with E-state index in [9.17, 15) is 14.7 Å². The van der Waals surface area contributed by atoms with Crippen LogP contribution in [-0.4, -0.2) is 48.8 Å². The highest BCUT2D eigenvalue weighted by Crippen LogP contribution is 2.61. The summed E-state index contributed by atoms with van der Waals surface area (Å²) in [6.07, 6.45) is -0.570. The van der Waals surface area contributed by atoms with Crippen LogP contribution in [0.3, 0.4) is 0 Å². The van der Waals surface area contributed by atoms with Gasteiger partial charge in [-0.2, -0.15) is 0 Å². The molecule has 0 aromatic carbocycles. The normalized spacial score (nSPS) is 46.9. The van der Waals surface area contributed by atoms with Crippen molar-refractivity contribution in [1.82, 2.24) is 5.32 Å². The first-order valence-corrected chi connectivity index (χ1v) is 6.38. The highest BCUT2D eigenvalue weighted by atomic mass is 16.7. The Kier molecular flexibility index (Phi) is 2.72. The SMILES string of the molecule is CNC(=O)O[C@@H]1OC[C@H](C(=O)O)[C@H]2C[C@@H]3OC3(C)[C@H]12. The number of hydrogen-bond donors (Lipinski definition) is 2. The lowest BCUT2D eigenvalue weighted by Gasteiger charge is -2.39. The third kappa shape index (κ3) is 1.80. The standard InChI is InChI=1S/C12H17NO6/c1-12-7(19-12)3-5-6(9(14)15)4-17-10(8(5)12)18-11(16)13-2/h5-8,10H,3-4H2,1-2H3,(H,13,16)(H,14,15)/t5-,6+,7+,8+,10+,12?/m1/s1. The maximum atomic E-state index is 11.3. The summed E-state index contributed by atoms with van der Waals surface area (Å²) in [6.45, 7) is 2.00. The molecule has 0 spiro atoms. The molecule has 3 aliphatic rings. The fourth-order valence-corrected chi connectivity index (χ4v) is 3.51. The summed E-state index contributed by atoms with van der Waals surface area (Å²) in [5.74, 6) is -1.70. The first-order chi connectivity index (χ1) is 8.97. The third-order valence-electron chi connectivity index (χ3n) is 4.58. The second-order valence-electron chi connectivity index (χ2n) is 5.52. The van der Waals surface area contributed by atoms with E-state index in [1.807, 2.05) is 6.92 Å². The van der Waals surface area contributed by atoms with E-state index >= 15 is 0 Å². The first-order valence-electron chi connectivity index (χ1n) is 6.38. The third-order valence-corrected chi connectivity index (χ3v) is 4.58. The summed E-state index contributed by atoms with van der Waals surface area (Å²) in [6, 6.07) is 0. The van der Waals surface area contributed by atoms with Crippen molar-refractivity contribution in [1.29, 1.82) is 0 Å². The van der Waals surface area contributed by atoms with Crippen LogP contribution in [0.2, 0.25) is 0 Å². The Bertz CT molecular complexity index is 426. The first kappa shape index (κ1) is 12.7. The van der Waals surface area contributed by atoms with E-state index in [4.69, 9.17) is 14.2 Å². The molecule has 2 heterocycles. The molecule has 3 fully saturated rings. The molecular weight excluding hydrogens is 254 g/mol. The molecule has 7 nitrogen and oxygen atoms in total. The maximum Gasteiger partial charge on any atom is 0.409 e. The minimum atomic E-state index is -0.863. The van der Waals surface area contributed by atoms with Crippen molar-refractivity contribution in [3.8, 4) is 0 Å². The molecule has 2 saturated heterocycles. The Labute approximate surface area is 110 Å². The second kappa shape index (κ2) is 4.08. The van der Waals surface area contributed by atoms with Crippen molar-refractivity contribution >= 4 is 12.1 Å². The van der Waals surface area contributed by atoms with Gasteiger partial charge in [-0.3, -0.25) is 4.79 Å². The molecule has 0 aromatic rings. The molecule has 3 rings (SSSR count). The van der Waals surface area contributed by atoms with Crippen LogP contribution in [-0.2, 0) is 19.0 Å². The van der Waals surface area contributed by atoms with Crippen molar-refractivity contribution in [3.63, 3.8) is 0 Å². The molecule has 1 aliphatic carbocycles. The fourth-order valence-electron chi connectivity index (χ4n) is 3.51. The summed E-state index contributed by atoms with van der Waals surface area (Å²) in [7, 11) is 1.47. The van der Waals surface area contributed by atoms with Gasteiger partial charge in [-0.15, -0.1) is 0 Å². The summed E-state index contributed by atoms with van der Waals surface area (Å²) in [5, 5.41) is 11.6. The highest BCUT2D eigenvalue weighted by Gasteiger charge is 2.71. The number of amides is 1. The number of carbonyl (C=O) groups excluding carboxylic acids is 1. The number of carboxylic acids is 1. The zero-order valence-electron chi connectivity index (χ0n) is 10.8. The molecule has 1 amide bonds. The van der Waals surface area contributed by atoms with E-state index in [0.717, 1.165) is 0 Å². The summed E-state index contributed by atoms with van der Waals surface area (Å²) in [4.78, 5) is 22.6. The number of aliphatic carboxylic acids is 1. The van der Waals surface area contributed by atoms with Crippen molar-refractivity contribution in [2.45, 2.75) is 31.3 Å². The van der Waals surface area contributed by atoms with E-state index in [0.29, 0.717) is 6.42 Å². The van der Waals surface area contributed by atoms with Crippen LogP contribution in [0, 0.1) is 17.8 Å². The lowest BCUT2D eigenvalue weighted by molar-refractivity contribution is -0.213. The Morgan fingerprint density at radius 1 is 1.47 bits per heavy atom. The lowest BCUT2D eigenvalue weighted by atomic mass is 9.78. The molecule has 7 heteroatoms. The van der Waals surface area contributed by atoms with Crippen LogP contribution in [0.15, 0.2) is 0 Å². The number of nitrogens with one attached hydrogen (secondary N) is 1. The molecule has 1 saturated carbocycles. The van der Waals surface area contributed by atoms with Gasteiger partial charge >= 0.3 is 12.1 Å². The zero-order valence-corrected chi connectivity index (χ0v) is 10.8. The number of carbonyl (C=O) groups is 2. The van der Waals surface area contributed by atoms with E-state index in [-0.39, 0.29) is 24.5 Å². The molecule has 1 unspecified atom stereocenters. The zero-order chi connectivity index (χ0) is 13.8. The molecular formula is C12H17NO6. The van der Waals surface area contributed by atoms with E-state index < -0.39 is 29.9 Å². The van der Waals surface area contributed by atoms with Gasteiger partial charge in [0.2, 0.25) is 6.29 Å². The molecule has 2 N–H and O–H groups in total. The van der Waals surface area contributed by atoms with Crippen LogP contribution >= 0.6 is 0 Å². The number of fused-ring (bicyclic) bond motifs is 3. The van der Waals surface area contributed by atoms with Crippen molar-refractivity contribution in [2.75, 3.05) is 13.7 Å². The maximum absolute atomic E-state index is 11.3. The average molecular weight is 271 g/mol. The predicted octanol–water partition coefficient (Wildman–Crippen LogP) is 0.193. The summed E-state index contributed by atoms with van der Waals surface area (Å²) in [5.41, 5.74) is -0.419. The smallest absolute Gasteiger partial charge is 0.409 e. The molecule has 2 aliphatic heterocycles. The summed E-state index contributed by atoms with van der Waals surface area (Å²) >= 11 is 0. The second-order valence-corrected chi connectivity index (χ2v) is 5.52. The molecule has 106 valence electrons. The number of rotatable bonds is 2. The minimum absolute atomic E-state index is 0.0573. The molecule has 6 atom stereocenters. The van der Waals surface area contributed by atoms with Gasteiger partial charge in [-0.1, -0.05) is 0 Å². The quantitative estimate of drug-likeness (QED) is 0.696. The number of alkyl carbamates (subject to hydrolysis) is 1. The average Bonchev–Trinajstić information content (AvgIpc) is 2.91. The Morgan fingerprint density at radius 2 is 2.21 bits per heavy atom. The monoisotopic (exact) mass is 271 g/mol. The van der Waals surface area contributed by atoms with Gasteiger partial charge in [0.05, 0.1) is 24.5 Å². The van der Waals surface area contributed by atoms with E-state index in [2.05, 4.69) is 5.32 Å². The molecule has 0 bridgehead atoms. The van der Waals surface area contributed by atoms with Gasteiger partial charge in [-0.25, -0.2) is 4.79 Å². The van der Waals surface area contributed by atoms with Crippen molar-refractivity contribution < 1.29 is 28.9 Å². The van der Waals surface area contributed by atoms with Gasteiger partial charge in [-0.05, 0) is 19.3 Å². The van der Waals surface area contributed by atoms with Gasteiger partial charge in [0.1, 0.15) is 5.60 Å². The van der Waals surface area contributed by atoms with Gasteiger partial charge in [0, 0.05) is 7.05 Å².